The topological polar surface area (TPSA) is 72.0 Å². The molecule has 8 heteroatoms. The van der Waals surface area contributed by atoms with E-state index in [1.165, 1.54) is 11.3 Å². The number of hydrogen-bond acceptors (Lipinski definition) is 5. The number of rotatable bonds is 7. The number of aromatic nitrogens is 2. The maximum Gasteiger partial charge on any atom is 0.234 e. The molecule has 0 amide bonds. The van der Waals surface area contributed by atoms with Gasteiger partial charge >= 0.3 is 0 Å². The largest absolute Gasteiger partial charge is 0.257 e. The highest BCUT2D eigenvalue weighted by Crippen LogP contribution is 2.19. The summed E-state index contributed by atoms with van der Waals surface area (Å²) in [5.41, 5.74) is 0. The van der Waals surface area contributed by atoms with Crippen molar-refractivity contribution >= 4 is 38.1 Å². The third kappa shape index (κ3) is 5.49. The number of nitrogens with one attached hydrogen (secondary N) is 1. The molecule has 5 nitrogen and oxygen atoms in total. The molecule has 0 aliphatic heterocycles. The molecular weight excluding hydrogens is 294 g/mol. The van der Waals surface area contributed by atoms with Gasteiger partial charge in [-0.05, 0) is 11.8 Å². The summed E-state index contributed by atoms with van der Waals surface area (Å²) >= 11 is 6.88. The molecule has 1 N–H and O–H groups in total. The average Bonchev–Trinajstić information content (AvgIpc) is 2.62. The second kappa shape index (κ2) is 6.68. The Balaban J connectivity index is 2.64. The summed E-state index contributed by atoms with van der Waals surface area (Å²) in [4.78, 5) is 0. The summed E-state index contributed by atoms with van der Waals surface area (Å²) in [6.45, 7) is 5.94. The lowest BCUT2D eigenvalue weighted by Crippen LogP contribution is -2.22. The van der Waals surface area contributed by atoms with Crippen molar-refractivity contribution in [1.82, 2.24) is 10.2 Å². The zero-order valence-electron chi connectivity index (χ0n) is 10.7. The van der Waals surface area contributed by atoms with E-state index in [0.717, 1.165) is 11.4 Å². The molecule has 0 radical (unpaired) electrons. The van der Waals surface area contributed by atoms with E-state index >= 15 is 0 Å². The first-order chi connectivity index (χ1) is 8.32. The number of anilines is 1. The fourth-order valence-electron chi connectivity index (χ4n) is 1.32. The summed E-state index contributed by atoms with van der Waals surface area (Å²) < 4.78 is 26.0. The maximum atomic E-state index is 11.8. The summed E-state index contributed by atoms with van der Waals surface area (Å²) in [7, 11) is -3.39. The van der Waals surface area contributed by atoms with Crippen molar-refractivity contribution in [2.75, 3.05) is 16.4 Å². The molecule has 104 valence electrons. The quantitative estimate of drug-likeness (QED) is 0.785. The fourth-order valence-corrected chi connectivity index (χ4v) is 4.17. The number of nitrogens with zero attached hydrogens (tertiary/aromatic N) is 2. The molecule has 0 aliphatic carbocycles. The zero-order chi connectivity index (χ0) is 13.8. The zero-order valence-corrected chi connectivity index (χ0v) is 13.1. The van der Waals surface area contributed by atoms with Crippen LogP contribution in [0.1, 0.15) is 25.8 Å². The van der Waals surface area contributed by atoms with Gasteiger partial charge in [0.25, 0.3) is 0 Å². The van der Waals surface area contributed by atoms with E-state index in [9.17, 15) is 8.42 Å². The Kier molecular flexibility index (Phi) is 5.81. The molecule has 1 heterocycles. The normalized spacial score (nSPS) is 13.8. The first-order valence-corrected chi connectivity index (χ1v) is 8.71. The van der Waals surface area contributed by atoms with Gasteiger partial charge < -0.3 is 0 Å². The molecule has 0 bridgehead atoms. The second-order valence-electron chi connectivity index (χ2n) is 4.74. The van der Waals surface area contributed by atoms with Crippen molar-refractivity contribution in [3.05, 3.63) is 5.01 Å². The molecule has 0 aromatic carbocycles. The van der Waals surface area contributed by atoms with Crippen molar-refractivity contribution in [3.8, 4) is 0 Å². The first kappa shape index (κ1) is 15.7. The standard InChI is InChI=1S/C10H18ClN3O2S2/c1-7(2)4-9-12-13-10(17-9)14-18(15,16)6-8(3)5-11/h7-8H,4-6H2,1-3H3,(H,13,14). The van der Waals surface area contributed by atoms with Crippen molar-refractivity contribution in [2.24, 2.45) is 11.8 Å². The smallest absolute Gasteiger partial charge is 0.234 e. The van der Waals surface area contributed by atoms with Crippen LogP contribution in [-0.4, -0.2) is 30.2 Å². The lowest BCUT2D eigenvalue weighted by Gasteiger charge is -2.08. The van der Waals surface area contributed by atoms with Gasteiger partial charge in [-0.2, -0.15) is 0 Å². The molecule has 1 atom stereocenters. The molecule has 0 aliphatic rings. The van der Waals surface area contributed by atoms with E-state index in [4.69, 9.17) is 11.6 Å². The lowest BCUT2D eigenvalue weighted by molar-refractivity contribution is 0.588. The van der Waals surface area contributed by atoms with Crippen LogP contribution in [0.3, 0.4) is 0 Å². The van der Waals surface area contributed by atoms with Gasteiger partial charge in [0, 0.05) is 12.3 Å². The molecule has 0 saturated heterocycles. The highest BCUT2D eigenvalue weighted by Gasteiger charge is 2.17. The molecule has 0 fully saturated rings. The van der Waals surface area contributed by atoms with Crippen LogP contribution >= 0.6 is 22.9 Å². The van der Waals surface area contributed by atoms with Gasteiger partial charge in [0.1, 0.15) is 5.01 Å². The summed E-state index contributed by atoms with van der Waals surface area (Å²) in [6, 6.07) is 0. The van der Waals surface area contributed by atoms with Gasteiger partial charge in [0.2, 0.25) is 15.2 Å². The first-order valence-electron chi connectivity index (χ1n) is 5.71. The SMILES string of the molecule is CC(C)Cc1nnc(NS(=O)(=O)CC(C)CCl)s1. The van der Waals surface area contributed by atoms with Crippen molar-refractivity contribution in [3.63, 3.8) is 0 Å². The Morgan fingerprint density at radius 3 is 2.56 bits per heavy atom. The maximum absolute atomic E-state index is 11.8. The van der Waals surface area contributed by atoms with Crippen LogP contribution in [0, 0.1) is 11.8 Å². The Morgan fingerprint density at radius 2 is 2.00 bits per heavy atom. The molecule has 0 saturated carbocycles. The van der Waals surface area contributed by atoms with Gasteiger partial charge in [0.15, 0.2) is 0 Å². The van der Waals surface area contributed by atoms with Crippen molar-refractivity contribution in [2.45, 2.75) is 27.2 Å². The fraction of sp³-hybridized carbons (Fsp3) is 0.800. The predicted molar refractivity (Wildman–Crippen MR) is 75.7 cm³/mol. The van der Waals surface area contributed by atoms with E-state index < -0.39 is 10.0 Å². The predicted octanol–water partition coefficient (Wildman–Crippen LogP) is 2.35. The van der Waals surface area contributed by atoms with Crippen LogP contribution in [0.4, 0.5) is 5.13 Å². The van der Waals surface area contributed by atoms with Gasteiger partial charge in [-0.15, -0.1) is 21.8 Å². The van der Waals surface area contributed by atoms with Crippen LogP contribution in [0.15, 0.2) is 0 Å². The molecule has 1 aromatic rings. The summed E-state index contributed by atoms with van der Waals surface area (Å²) in [5, 5.41) is 8.96. The van der Waals surface area contributed by atoms with E-state index in [0.29, 0.717) is 16.9 Å². The van der Waals surface area contributed by atoms with Gasteiger partial charge in [-0.25, -0.2) is 8.42 Å². The third-order valence-corrected chi connectivity index (χ3v) is 5.09. The minimum atomic E-state index is -3.39. The van der Waals surface area contributed by atoms with E-state index in [1.807, 2.05) is 0 Å². The number of halogens is 1. The summed E-state index contributed by atoms with van der Waals surface area (Å²) in [5.74, 6) is 0.691. The minimum Gasteiger partial charge on any atom is -0.257 e. The molecule has 1 aromatic heterocycles. The minimum absolute atomic E-state index is 0.00437. The number of alkyl halides is 1. The van der Waals surface area contributed by atoms with E-state index in [2.05, 4.69) is 28.8 Å². The van der Waals surface area contributed by atoms with E-state index in [-0.39, 0.29) is 11.7 Å². The van der Waals surface area contributed by atoms with Crippen molar-refractivity contribution < 1.29 is 8.42 Å². The average molecular weight is 312 g/mol. The third-order valence-electron chi connectivity index (χ3n) is 2.06. The molecule has 0 spiro atoms. The van der Waals surface area contributed by atoms with Crippen LogP contribution in [0.2, 0.25) is 0 Å². The lowest BCUT2D eigenvalue weighted by atomic mass is 10.1. The van der Waals surface area contributed by atoms with Crippen LogP contribution < -0.4 is 4.72 Å². The summed E-state index contributed by atoms with van der Waals surface area (Å²) in [6.07, 6.45) is 0.803. The van der Waals surface area contributed by atoms with Gasteiger partial charge in [0.05, 0.1) is 5.75 Å². The monoisotopic (exact) mass is 311 g/mol. The molecule has 1 rings (SSSR count). The Labute approximate surface area is 117 Å². The van der Waals surface area contributed by atoms with Crippen LogP contribution in [-0.2, 0) is 16.4 Å². The highest BCUT2D eigenvalue weighted by molar-refractivity contribution is 7.92. The van der Waals surface area contributed by atoms with Crippen LogP contribution in [0.25, 0.3) is 0 Å². The van der Waals surface area contributed by atoms with Crippen LogP contribution in [0.5, 0.6) is 0 Å². The van der Waals surface area contributed by atoms with Gasteiger partial charge in [-0.1, -0.05) is 32.1 Å². The van der Waals surface area contributed by atoms with E-state index in [1.54, 1.807) is 6.92 Å². The second-order valence-corrected chi connectivity index (χ2v) is 7.88. The molecule has 1 unspecified atom stereocenters. The Bertz CT molecular complexity index is 473. The Hall–Kier alpha value is -0.400. The highest BCUT2D eigenvalue weighted by atomic mass is 35.5. The molecule has 18 heavy (non-hydrogen) atoms. The van der Waals surface area contributed by atoms with Gasteiger partial charge in [-0.3, -0.25) is 4.72 Å². The van der Waals surface area contributed by atoms with Crippen molar-refractivity contribution in [1.29, 1.82) is 0 Å². The number of hydrogen-bond donors (Lipinski definition) is 1. The molecular formula is C10H18ClN3O2S2. The Morgan fingerprint density at radius 1 is 1.33 bits per heavy atom. The number of sulfonamides is 1.